The van der Waals surface area contributed by atoms with Crippen LogP contribution in [0.25, 0.3) is 0 Å². The molecule has 3 rings (SSSR count). The number of fused-ring (bicyclic) bond motifs is 1. The molecule has 2 N–H and O–H groups in total. The molecule has 1 aliphatic rings. The zero-order valence-corrected chi connectivity index (χ0v) is 17.4. The van der Waals surface area contributed by atoms with Crippen molar-refractivity contribution in [2.75, 3.05) is 25.5 Å². The van der Waals surface area contributed by atoms with Crippen molar-refractivity contribution in [2.24, 2.45) is 0 Å². The van der Waals surface area contributed by atoms with E-state index in [1.54, 1.807) is 0 Å². The Morgan fingerprint density at radius 3 is 2.36 bits per heavy atom. The number of amides is 1. The molecule has 0 unspecified atom stereocenters. The summed E-state index contributed by atoms with van der Waals surface area (Å²) in [5.41, 5.74) is 10.1. The van der Waals surface area contributed by atoms with Gasteiger partial charge < -0.3 is 20.1 Å². The molecule has 0 fully saturated rings. The minimum Gasteiger partial charge on any atom is -0.490 e. The van der Waals surface area contributed by atoms with Gasteiger partial charge in [-0.05, 0) is 61.6 Å². The Balaban J connectivity index is 0.00000280. The fourth-order valence-electron chi connectivity index (χ4n) is 3.48. The highest BCUT2D eigenvalue weighted by Crippen LogP contribution is 2.34. The molecule has 28 heavy (non-hydrogen) atoms. The molecule has 2 aromatic rings. The van der Waals surface area contributed by atoms with Crippen LogP contribution in [0.1, 0.15) is 37.0 Å². The van der Waals surface area contributed by atoms with E-state index in [9.17, 15) is 4.79 Å². The molecule has 0 atom stereocenters. The maximum atomic E-state index is 12.7. The number of nitrogen functional groups attached to an aromatic ring is 1. The van der Waals surface area contributed by atoms with Crippen molar-refractivity contribution in [1.82, 2.24) is 4.90 Å². The van der Waals surface area contributed by atoms with E-state index in [4.69, 9.17) is 15.2 Å². The summed E-state index contributed by atoms with van der Waals surface area (Å²) >= 11 is 0. The van der Waals surface area contributed by atoms with E-state index in [0.717, 1.165) is 41.3 Å². The Hall–Kier alpha value is -2.40. The molecule has 0 saturated carbocycles. The topological polar surface area (TPSA) is 64.8 Å². The first-order valence-electron chi connectivity index (χ1n) is 9.64. The predicted molar refractivity (Wildman–Crippen MR) is 114 cm³/mol. The summed E-state index contributed by atoms with van der Waals surface area (Å²) in [4.78, 5) is 14.6. The van der Waals surface area contributed by atoms with E-state index in [-0.39, 0.29) is 18.3 Å². The van der Waals surface area contributed by atoms with Gasteiger partial charge in [0.15, 0.2) is 11.5 Å². The van der Waals surface area contributed by atoms with Crippen LogP contribution in [0.4, 0.5) is 5.69 Å². The standard InChI is InChI=1S/C22H28N2O3.ClH/c1-3-26-20-13-17-11-12-24(15-18(17)14-21(20)27-4-2)22(25)10-9-16-7-5-6-8-19(16)23;/h5-8,13-14H,3-4,9-12,15,23H2,1-2H3;1H. The van der Waals surface area contributed by atoms with Crippen molar-refractivity contribution >= 4 is 24.0 Å². The zero-order chi connectivity index (χ0) is 19.2. The number of carbonyl (C=O) groups excluding carboxylic acids is 1. The molecule has 0 aromatic heterocycles. The third-order valence-electron chi connectivity index (χ3n) is 4.89. The molecule has 5 nitrogen and oxygen atoms in total. The number of para-hydroxylation sites is 1. The number of hydrogen-bond acceptors (Lipinski definition) is 4. The Kier molecular flexibility index (Phi) is 8.00. The summed E-state index contributed by atoms with van der Waals surface area (Å²) in [6.07, 6.45) is 1.97. The summed E-state index contributed by atoms with van der Waals surface area (Å²) in [7, 11) is 0. The minimum absolute atomic E-state index is 0. The number of ether oxygens (including phenoxy) is 2. The monoisotopic (exact) mass is 404 g/mol. The van der Waals surface area contributed by atoms with Gasteiger partial charge in [0.2, 0.25) is 5.91 Å². The Morgan fingerprint density at radius 1 is 1.07 bits per heavy atom. The predicted octanol–water partition coefficient (Wildman–Crippen LogP) is 4.01. The van der Waals surface area contributed by atoms with Gasteiger partial charge in [-0.15, -0.1) is 12.4 Å². The second-order valence-electron chi connectivity index (χ2n) is 6.70. The highest BCUT2D eigenvalue weighted by molar-refractivity contribution is 5.85. The Labute approximate surface area is 173 Å². The van der Waals surface area contributed by atoms with Gasteiger partial charge in [0, 0.05) is 25.2 Å². The van der Waals surface area contributed by atoms with Crippen molar-refractivity contribution in [2.45, 2.75) is 39.7 Å². The second kappa shape index (κ2) is 10.2. The van der Waals surface area contributed by atoms with Crippen molar-refractivity contribution < 1.29 is 14.3 Å². The molecule has 0 bridgehead atoms. The zero-order valence-electron chi connectivity index (χ0n) is 16.6. The normalized spacial score (nSPS) is 12.7. The van der Waals surface area contributed by atoms with Crippen molar-refractivity contribution in [1.29, 1.82) is 0 Å². The summed E-state index contributed by atoms with van der Waals surface area (Å²) < 4.78 is 11.4. The molecule has 1 heterocycles. The number of carbonyl (C=O) groups is 1. The SMILES string of the molecule is CCOc1cc2c(cc1OCC)CN(C(=O)CCc1ccccc1N)CC2.Cl. The average molecular weight is 405 g/mol. The number of halogens is 1. The summed E-state index contributed by atoms with van der Waals surface area (Å²) in [5, 5.41) is 0. The van der Waals surface area contributed by atoms with Crippen LogP contribution >= 0.6 is 12.4 Å². The first-order valence-corrected chi connectivity index (χ1v) is 9.64. The van der Waals surface area contributed by atoms with Crippen molar-refractivity contribution in [3.63, 3.8) is 0 Å². The molecule has 0 radical (unpaired) electrons. The van der Waals surface area contributed by atoms with Gasteiger partial charge in [-0.1, -0.05) is 18.2 Å². The van der Waals surface area contributed by atoms with Gasteiger partial charge in [-0.3, -0.25) is 4.79 Å². The number of rotatable bonds is 7. The minimum atomic E-state index is 0. The van der Waals surface area contributed by atoms with Crippen LogP contribution in [-0.2, 0) is 24.2 Å². The maximum absolute atomic E-state index is 12.7. The molecular formula is C22H29ClN2O3. The Morgan fingerprint density at radius 2 is 1.71 bits per heavy atom. The van der Waals surface area contributed by atoms with Crippen LogP contribution < -0.4 is 15.2 Å². The van der Waals surface area contributed by atoms with Gasteiger partial charge in [0.25, 0.3) is 0 Å². The molecule has 0 aliphatic carbocycles. The van der Waals surface area contributed by atoms with Crippen LogP contribution in [0.3, 0.4) is 0 Å². The number of benzene rings is 2. The lowest BCUT2D eigenvalue weighted by Gasteiger charge is -2.30. The lowest BCUT2D eigenvalue weighted by Crippen LogP contribution is -2.36. The molecular weight excluding hydrogens is 376 g/mol. The number of aryl methyl sites for hydroxylation is 1. The molecule has 152 valence electrons. The quantitative estimate of drug-likeness (QED) is 0.708. The largest absolute Gasteiger partial charge is 0.490 e. The van der Waals surface area contributed by atoms with Gasteiger partial charge in [0.1, 0.15) is 0 Å². The number of nitrogens with two attached hydrogens (primary N) is 1. The van der Waals surface area contributed by atoms with E-state index in [1.165, 1.54) is 5.56 Å². The lowest BCUT2D eigenvalue weighted by molar-refractivity contribution is -0.132. The van der Waals surface area contributed by atoms with Crippen LogP contribution in [-0.4, -0.2) is 30.6 Å². The third kappa shape index (κ3) is 5.10. The summed E-state index contributed by atoms with van der Waals surface area (Å²) in [6.45, 7) is 6.46. The summed E-state index contributed by atoms with van der Waals surface area (Å²) in [5.74, 6) is 1.71. The molecule has 0 spiro atoms. The molecule has 1 aliphatic heterocycles. The van der Waals surface area contributed by atoms with E-state index in [0.29, 0.717) is 32.6 Å². The number of hydrogen-bond donors (Lipinski definition) is 1. The highest BCUT2D eigenvalue weighted by atomic mass is 35.5. The van der Waals surface area contributed by atoms with E-state index < -0.39 is 0 Å². The average Bonchev–Trinajstić information content (AvgIpc) is 2.67. The number of anilines is 1. The van der Waals surface area contributed by atoms with Gasteiger partial charge in [-0.25, -0.2) is 0 Å². The van der Waals surface area contributed by atoms with Crippen LogP contribution in [0.2, 0.25) is 0 Å². The van der Waals surface area contributed by atoms with Gasteiger partial charge >= 0.3 is 0 Å². The van der Waals surface area contributed by atoms with Gasteiger partial charge in [-0.2, -0.15) is 0 Å². The highest BCUT2D eigenvalue weighted by Gasteiger charge is 2.23. The first-order chi connectivity index (χ1) is 13.1. The van der Waals surface area contributed by atoms with Gasteiger partial charge in [0.05, 0.1) is 13.2 Å². The van der Waals surface area contributed by atoms with Crippen molar-refractivity contribution in [3.05, 3.63) is 53.1 Å². The first kappa shape index (κ1) is 21.9. The van der Waals surface area contributed by atoms with E-state index in [1.807, 2.05) is 49.1 Å². The van der Waals surface area contributed by atoms with Crippen LogP contribution in [0.5, 0.6) is 11.5 Å². The number of nitrogens with zero attached hydrogens (tertiary/aromatic N) is 1. The fraction of sp³-hybridized carbons (Fsp3) is 0.409. The van der Waals surface area contributed by atoms with E-state index in [2.05, 4.69) is 6.07 Å². The molecule has 2 aromatic carbocycles. The van der Waals surface area contributed by atoms with E-state index >= 15 is 0 Å². The maximum Gasteiger partial charge on any atom is 0.223 e. The van der Waals surface area contributed by atoms with Crippen LogP contribution in [0.15, 0.2) is 36.4 Å². The smallest absolute Gasteiger partial charge is 0.223 e. The molecule has 0 saturated heterocycles. The second-order valence-corrected chi connectivity index (χ2v) is 6.70. The third-order valence-corrected chi connectivity index (χ3v) is 4.89. The summed E-state index contributed by atoms with van der Waals surface area (Å²) in [6, 6.07) is 11.8. The Bertz CT molecular complexity index is 810. The molecule has 6 heteroatoms. The lowest BCUT2D eigenvalue weighted by atomic mass is 9.98. The fourth-order valence-corrected chi connectivity index (χ4v) is 3.48. The van der Waals surface area contributed by atoms with Crippen molar-refractivity contribution in [3.8, 4) is 11.5 Å². The van der Waals surface area contributed by atoms with Crippen LogP contribution in [0, 0.1) is 0 Å². The molecule has 1 amide bonds.